The predicted octanol–water partition coefficient (Wildman–Crippen LogP) is 2.36. The van der Waals surface area contributed by atoms with Crippen LogP contribution in [0.3, 0.4) is 0 Å². The average molecular weight is 426 g/mol. The van der Waals surface area contributed by atoms with Crippen molar-refractivity contribution in [1.29, 1.82) is 0 Å². The van der Waals surface area contributed by atoms with Gasteiger partial charge in [-0.3, -0.25) is 14.3 Å². The zero-order chi connectivity index (χ0) is 22.4. The molecule has 5 aromatic rings. The number of nitrogens with zero attached hydrogens (tertiary/aromatic N) is 5. The number of carbonyl (C=O) groups is 1. The van der Waals surface area contributed by atoms with Gasteiger partial charge in [0.05, 0.1) is 18.9 Å². The fourth-order valence-corrected chi connectivity index (χ4v) is 4.22. The summed E-state index contributed by atoms with van der Waals surface area (Å²) in [5, 5.41) is 10.4. The number of nitrogens with two attached hydrogens (primary N) is 1. The molecule has 0 unspecified atom stereocenters. The molecule has 0 fully saturated rings. The predicted molar refractivity (Wildman–Crippen MR) is 123 cm³/mol. The molecule has 0 aliphatic heterocycles. The van der Waals surface area contributed by atoms with E-state index in [2.05, 4.69) is 22.3 Å². The van der Waals surface area contributed by atoms with Gasteiger partial charge in [0.15, 0.2) is 0 Å². The molecule has 3 aromatic heterocycles. The fourth-order valence-electron chi connectivity index (χ4n) is 4.22. The molecule has 0 aliphatic rings. The number of primary amides is 1. The molecule has 0 bridgehead atoms. The first-order chi connectivity index (χ1) is 15.4. The van der Waals surface area contributed by atoms with Crippen molar-refractivity contribution in [3.05, 3.63) is 93.7 Å². The second-order valence-corrected chi connectivity index (χ2v) is 8.04. The lowest BCUT2D eigenvalue weighted by atomic mass is 10.1. The minimum absolute atomic E-state index is 0.181. The number of rotatable bonds is 5. The van der Waals surface area contributed by atoms with E-state index in [0.29, 0.717) is 11.1 Å². The van der Waals surface area contributed by atoms with Gasteiger partial charge in [0.2, 0.25) is 5.91 Å². The molecule has 2 aromatic carbocycles. The lowest BCUT2D eigenvalue weighted by molar-refractivity contribution is 0.1000. The Hall–Kier alpha value is -4.20. The quantitative estimate of drug-likeness (QED) is 0.466. The van der Waals surface area contributed by atoms with E-state index in [9.17, 15) is 9.59 Å². The molecular weight excluding hydrogens is 404 g/mol. The molecule has 8 nitrogen and oxygen atoms in total. The molecule has 0 aliphatic carbocycles. The Bertz CT molecular complexity index is 1560. The lowest BCUT2D eigenvalue weighted by Crippen LogP contribution is -2.24. The zero-order valence-corrected chi connectivity index (χ0v) is 17.8. The van der Waals surface area contributed by atoms with E-state index in [1.807, 2.05) is 43.2 Å². The molecule has 0 saturated heterocycles. The van der Waals surface area contributed by atoms with E-state index in [4.69, 9.17) is 5.73 Å². The van der Waals surface area contributed by atoms with Crippen LogP contribution in [0.1, 0.15) is 27.0 Å². The van der Waals surface area contributed by atoms with Gasteiger partial charge >= 0.3 is 0 Å². The Morgan fingerprint density at radius 3 is 2.56 bits per heavy atom. The largest absolute Gasteiger partial charge is 0.366 e. The van der Waals surface area contributed by atoms with Crippen molar-refractivity contribution in [3.63, 3.8) is 0 Å². The smallest absolute Gasteiger partial charge is 0.291 e. The van der Waals surface area contributed by atoms with Gasteiger partial charge in [-0.1, -0.05) is 24.3 Å². The average Bonchev–Trinajstić information content (AvgIpc) is 3.31. The van der Waals surface area contributed by atoms with Crippen molar-refractivity contribution >= 4 is 27.7 Å². The SMILES string of the molecule is Cn1cc(Cc2ccc3c4cnn(Cc5cccc(C(N)=O)c5)c(=O)c4n(C)c3c2)cn1. The third-order valence-corrected chi connectivity index (χ3v) is 5.78. The third-order valence-electron chi connectivity index (χ3n) is 5.78. The highest BCUT2D eigenvalue weighted by atomic mass is 16.1. The Kier molecular flexibility index (Phi) is 4.62. The van der Waals surface area contributed by atoms with Crippen LogP contribution in [0.5, 0.6) is 0 Å². The maximum atomic E-state index is 13.3. The maximum absolute atomic E-state index is 13.3. The van der Waals surface area contributed by atoms with E-state index in [1.165, 1.54) is 4.68 Å². The highest BCUT2D eigenvalue weighted by molar-refractivity contribution is 6.07. The zero-order valence-electron chi connectivity index (χ0n) is 17.8. The first-order valence-electron chi connectivity index (χ1n) is 10.2. The van der Waals surface area contributed by atoms with Crippen LogP contribution in [-0.2, 0) is 27.1 Å². The van der Waals surface area contributed by atoms with E-state index < -0.39 is 5.91 Å². The minimum atomic E-state index is -0.501. The summed E-state index contributed by atoms with van der Waals surface area (Å²) >= 11 is 0. The Labute approximate surface area is 183 Å². The summed E-state index contributed by atoms with van der Waals surface area (Å²) in [7, 11) is 3.80. The van der Waals surface area contributed by atoms with E-state index in [1.54, 1.807) is 29.1 Å². The summed E-state index contributed by atoms with van der Waals surface area (Å²) in [5.74, 6) is -0.501. The van der Waals surface area contributed by atoms with Crippen LogP contribution >= 0.6 is 0 Å². The van der Waals surface area contributed by atoms with E-state index >= 15 is 0 Å². The van der Waals surface area contributed by atoms with Gasteiger partial charge in [-0.25, -0.2) is 4.68 Å². The number of aromatic nitrogens is 5. The van der Waals surface area contributed by atoms with Gasteiger partial charge in [-0.15, -0.1) is 0 Å². The monoisotopic (exact) mass is 426 g/mol. The normalized spacial score (nSPS) is 11.4. The maximum Gasteiger partial charge on any atom is 0.291 e. The van der Waals surface area contributed by atoms with Gasteiger partial charge in [0, 0.05) is 48.6 Å². The molecule has 0 spiro atoms. The van der Waals surface area contributed by atoms with Gasteiger partial charge in [0.1, 0.15) is 5.52 Å². The second kappa shape index (κ2) is 7.49. The summed E-state index contributed by atoms with van der Waals surface area (Å²) in [6.07, 6.45) is 6.37. The Morgan fingerprint density at radius 1 is 0.969 bits per heavy atom. The second-order valence-electron chi connectivity index (χ2n) is 8.04. The number of carbonyl (C=O) groups excluding carboxylic acids is 1. The molecule has 0 radical (unpaired) electrons. The molecule has 0 saturated carbocycles. The van der Waals surface area contributed by atoms with Crippen LogP contribution in [0.4, 0.5) is 0 Å². The molecule has 2 N–H and O–H groups in total. The van der Waals surface area contributed by atoms with Gasteiger partial charge in [-0.05, 0) is 34.9 Å². The first-order valence-corrected chi connectivity index (χ1v) is 10.2. The highest BCUT2D eigenvalue weighted by Crippen LogP contribution is 2.27. The molecule has 5 rings (SSSR count). The lowest BCUT2D eigenvalue weighted by Gasteiger charge is -2.07. The van der Waals surface area contributed by atoms with Crippen molar-refractivity contribution in [2.24, 2.45) is 19.8 Å². The Morgan fingerprint density at radius 2 is 1.81 bits per heavy atom. The molecule has 160 valence electrons. The minimum Gasteiger partial charge on any atom is -0.366 e. The standard InChI is InChI=1S/C24H22N6O2/c1-28-13-17(11-26-28)8-15-6-7-19-20-12-27-30(24(32)22(20)29(2)21(19)10-15)14-16-4-3-5-18(9-16)23(25)31/h3-7,9-13H,8,14H2,1-2H3,(H2,25,31). The third kappa shape index (κ3) is 3.35. The molecule has 1 amide bonds. The number of aryl methyl sites for hydroxylation is 2. The van der Waals surface area contributed by atoms with Crippen molar-refractivity contribution < 1.29 is 4.79 Å². The van der Waals surface area contributed by atoms with Crippen LogP contribution in [0.15, 0.2) is 65.8 Å². The van der Waals surface area contributed by atoms with Gasteiger partial charge < -0.3 is 10.3 Å². The van der Waals surface area contributed by atoms with Crippen molar-refractivity contribution in [2.45, 2.75) is 13.0 Å². The summed E-state index contributed by atoms with van der Waals surface area (Å²) in [6.45, 7) is 0.254. The van der Waals surface area contributed by atoms with E-state index in [0.717, 1.165) is 39.4 Å². The van der Waals surface area contributed by atoms with Crippen LogP contribution in [0, 0.1) is 0 Å². The molecule has 0 atom stereocenters. The van der Waals surface area contributed by atoms with Crippen LogP contribution < -0.4 is 11.3 Å². The Balaban J connectivity index is 1.56. The molecular formula is C24H22N6O2. The van der Waals surface area contributed by atoms with Crippen LogP contribution in [0.2, 0.25) is 0 Å². The fraction of sp³-hybridized carbons (Fsp3) is 0.167. The number of amides is 1. The van der Waals surface area contributed by atoms with Crippen molar-refractivity contribution in [1.82, 2.24) is 24.1 Å². The van der Waals surface area contributed by atoms with Crippen LogP contribution in [0.25, 0.3) is 21.8 Å². The molecule has 8 heteroatoms. The van der Waals surface area contributed by atoms with E-state index in [-0.39, 0.29) is 12.1 Å². The molecule has 3 heterocycles. The van der Waals surface area contributed by atoms with Gasteiger partial charge in [-0.2, -0.15) is 10.2 Å². The summed E-state index contributed by atoms with van der Waals surface area (Å²) < 4.78 is 5.13. The van der Waals surface area contributed by atoms with Crippen LogP contribution in [-0.4, -0.2) is 30.0 Å². The van der Waals surface area contributed by atoms with Gasteiger partial charge in [0.25, 0.3) is 5.56 Å². The highest BCUT2D eigenvalue weighted by Gasteiger charge is 2.15. The first kappa shape index (κ1) is 19.7. The van der Waals surface area contributed by atoms with Crippen molar-refractivity contribution in [3.8, 4) is 0 Å². The number of hydrogen-bond donors (Lipinski definition) is 1. The van der Waals surface area contributed by atoms with Crippen molar-refractivity contribution in [2.75, 3.05) is 0 Å². The topological polar surface area (TPSA) is 101 Å². The number of fused-ring (bicyclic) bond motifs is 3. The summed E-state index contributed by atoms with van der Waals surface area (Å²) in [4.78, 5) is 24.8. The number of hydrogen-bond acceptors (Lipinski definition) is 4. The molecule has 32 heavy (non-hydrogen) atoms. The summed E-state index contributed by atoms with van der Waals surface area (Å²) in [6, 6.07) is 13.2. The number of benzene rings is 2. The summed E-state index contributed by atoms with van der Waals surface area (Å²) in [5.41, 5.74) is 10.2.